The van der Waals surface area contributed by atoms with Crippen LogP contribution in [0.15, 0.2) is 12.7 Å². The van der Waals surface area contributed by atoms with Crippen molar-refractivity contribution in [2.75, 3.05) is 46.3 Å². The number of rotatable bonds is 5. The molecule has 3 amide bonds. The molecule has 0 aromatic heterocycles. The number of likely N-dealkylation sites (N-methyl/N-ethyl adjacent to an activating group) is 1. The number of carbonyl (C=O) groups is 2. The molecule has 0 aromatic rings. The zero-order chi connectivity index (χ0) is 14.3. The van der Waals surface area contributed by atoms with E-state index < -0.39 is 6.03 Å². The van der Waals surface area contributed by atoms with Gasteiger partial charge in [-0.05, 0) is 7.05 Å². The molecule has 4 N–H and O–H groups in total. The first kappa shape index (κ1) is 15.6. The maximum absolute atomic E-state index is 11.7. The van der Waals surface area contributed by atoms with Crippen molar-refractivity contribution < 1.29 is 9.59 Å². The zero-order valence-corrected chi connectivity index (χ0v) is 11.4. The van der Waals surface area contributed by atoms with E-state index in [4.69, 9.17) is 5.73 Å². The molecule has 0 saturated carbocycles. The second kappa shape index (κ2) is 7.88. The number of nitrogens with one attached hydrogen (secondary N) is 2. The molecule has 19 heavy (non-hydrogen) atoms. The quantitative estimate of drug-likeness (QED) is 0.533. The molecule has 0 bridgehead atoms. The van der Waals surface area contributed by atoms with Crippen LogP contribution in [0.2, 0.25) is 0 Å². The van der Waals surface area contributed by atoms with Gasteiger partial charge in [0.25, 0.3) is 0 Å². The van der Waals surface area contributed by atoms with Crippen LogP contribution in [0.1, 0.15) is 0 Å². The average molecular weight is 269 g/mol. The largest absolute Gasteiger partial charge is 0.334 e. The summed E-state index contributed by atoms with van der Waals surface area (Å²) in [7, 11) is 2.03. The Morgan fingerprint density at radius 1 is 1.47 bits per heavy atom. The molecule has 108 valence electrons. The number of hydrogen-bond donors (Lipinski definition) is 3. The van der Waals surface area contributed by atoms with Crippen molar-refractivity contribution in [3.05, 3.63) is 12.7 Å². The number of imide groups is 1. The average Bonchev–Trinajstić information content (AvgIpc) is 2.38. The number of urea groups is 1. The van der Waals surface area contributed by atoms with Crippen LogP contribution in [0.5, 0.6) is 0 Å². The third kappa shape index (κ3) is 5.37. The highest BCUT2D eigenvalue weighted by Crippen LogP contribution is 2.06. The van der Waals surface area contributed by atoms with Crippen molar-refractivity contribution in [3.63, 3.8) is 0 Å². The zero-order valence-electron chi connectivity index (χ0n) is 11.4. The van der Waals surface area contributed by atoms with Gasteiger partial charge < -0.3 is 16.0 Å². The first-order valence-electron chi connectivity index (χ1n) is 6.38. The third-order valence-corrected chi connectivity index (χ3v) is 3.09. The van der Waals surface area contributed by atoms with Gasteiger partial charge >= 0.3 is 6.03 Å². The summed E-state index contributed by atoms with van der Waals surface area (Å²) in [6, 6.07) is -0.343. The van der Waals surface area contributed by atoms with Crippen molar-refractivity contribution in [1.29, 1.82) is 0 Å². The van der Waals surface area contributed by atoms with Crippen molar-refractivity contribution in [1.82, 2.24) is 20.4 Å². The number of nitrogens with two attached hydrogens (primary N) is 1. The molecule has 1 saturated heterocycles. The van der Waals surface area contributed by atoms with E-state index in [9.17, 15) is 9.59 Å². The van der Waals surface area contributed by atoms with Gasteiger partial charge in [-0.3, -0.25) is 15.0 Å². The van der Waals surface area contributed by atoms with Crippen molar-refractivity contribution in [2.24, 2.45) is 5.73 Å². The second-order valence-electron chi connectivity index (χ2n) is 4.67. The number of nitrogens with zero attached hydrogens (tertiary/aromatic N) is 2. The molecule has 1 fully saturated rings. The highest BCUT2D eigenvalue weighted by atomic mass is 16.2. The Bertz CT molecular complexity index is 334. The number of hydrogen-bond acceptors (Lipinski definition) is 5. The SMILES string of the molecule is C=CCNC(=O)NC(=O)CN1CCN(C)CC1CN. The van der Waals surface area contributed by atoms with E-state index in [2.05, 4.69) is 22.1 Å². The van der Waals surface area contributed by atoms with Crippen molar-refractivity contribution in [2.45, 2.75) is 6.04 Å². The third-order valence-electron chi connectivity index (χ3n) is 3.09. The minimum absolute atomic E-state index is 0.153. The molecule has 1 heterocycles. The van der Waals surface area contributed by atoms with Gasteiger partial charge in [-0.15, -0.1) is 6.58 Å². The fourth-order valence-electron chi connectivity index (χ4n) is 2.04. The molecule has 0 aliphatic carbocycles. The summed E-state index contributed by atoms with van der Waals surface area (Å²) < 4.78 is 0. The molecule has 0 spiro atoms. The first-order chi connectivity index (χ1) is 9.06. The Morgan fingerprint density at radius 2 is 2.21 bits per heavy atom. The molecule has 1 rings (SSSR count). The Balaban J connectivity index is 2.38. The Labute approximate surface area is 113 Å². The summed E-state index contributed by atoms with van der Waals surface area (Å²) in [4.78, 5) is 27.2. The van der Waals surface area contributed by atoms with Crippen LogP contribution in [0, 0.1) is 0 Å². The van der Waals surface area contributed by atoms with E-state index in [0.29, 0.717) is 13.1 Å². The molecule has 7 nitrogen and oxygen atoms in total. The van der Waals surface area contributed by atoms with Crippen molar-refractivity contribution in [3.8, 4) is 0 Å². The molecule has 1 aliphatic heterocycles. The highest BCUT2D eigenvalue weighted by Gasteiger charge is 2.25. The van der Waals surface area contributed by atoms with E-state index in [-0.39, 0.29) is 18.5 Å². The predicted octanol–water partition coefficient (Wildman–Crippen LogP) is -1.43. The minimum atomic E-state index is -0.497. The fraction of sp³-hybridized carbons (Fsp3) is 0.667. The van der Waals surface area contributed by atoms with Crippen LogP contribution >= 0.6 is 0 Å². The lowest BCUT2D eigenvalue weighted by Crippen LogP contribution is -2.57. The van der Waals surface area contributed by atoms with Gasteiger partial charge in [-0.1, -0.05) is 6.08 Å². The maximum Gasteiger partial charge on any atom is 0.321 e. The molecule has 0 radical (unpaired) electrons. The lowest BCUT2D eigenvalue weighted by Gasteiger charge is -2.38. The van der Waals surface area contributed by atoms with Gasteiger partial charge in [0.1, 0.15) is 0 Å². The number of carbonyl (C=O) groups excluding carboxylic acids is 2. The van der Waals surface area contributed by atoms with E-state index in [1.165, 1.54) is 0 Å². The molecule has 1 aliphatic rings. The monoisotopic (exact) mass is 269 g/mol. The highest BCUT2D eigenvalue weighted by molar-refractivity contribution is 5.95. The topological polar surface area (TPSA) is 90.7 Å². The van der Waals surface area contributed by atoms with Gasteiger partial charge in [-0.2, -0.15) is 0 Å². The summed E-state index contributed by atoms with van der Waals surface area (Å²) in [5.74, 6) is -0.315. The molecule has 7 heteroatoms. The number of amides is 3. The summed E-state index contributed by atoms with van der Waals surface area (Å²) in [6.45, 7) is 7.02. The van der Waals surface area contributed by atoms with Gasteiger partial charge in [0.2, 0.25) is 5.91 Å². The van der Waals surface area contributed by atoms with E-state index in [0.717, 1.165) is 19.6 Å². The standard InChI is InChI=1S/C12H23N5O2/c1-3-4-14-12(19)15-11(18)9-17-6-5-16(2)8-10(17)7-13/h3,10H,1,4-9,13H2,2H3,(H2,14,15,18,19). The Kier molecular flexibility index (Phi) is 6.48. The van der Waals surface area contributed by atoms with Crippen LogP contribution in [-0.2, 0) is 4.79 Å². The van der Waals surface area contributed by atoms with E-state index in [1.807, 2.05) is 11.9 Å². The molecular weight excluding hydrogens is 246 g/mol. The van der Waals surface area contributed by atoms with E-state index >= 15 is 0 Å². The van der Waals surface area contributed by atoms with Crippen LogP contribution < -0.4 is 16.4 Å². The van der Waals surface area contributed by atoms with Crippen LogP contribution in [0.25, 0.3) is 0 Å². The lowest BCUT2D eigenvalue weighted by atomic mass is 10.1. The number of piperazine rings is 1. The van der Waals surface area contributed by atoms with Gasteiger partial charge in [0.15, 0.2) is 0 Å². The van der Waals surface area contributed by atoms with Gasteiger partial charge in [0.05, 0.1) is 6.54 Å². The summed E-state index contributed by atoms with van der Waals surface area (Å²) in [5.41, 5.74) is 5.71. The molecule has 1 unspecified atom stereocenters. The lowest BCUT2D eigenvalue weighted by molar-refractivity contribution is -0.122. The Hall–Kier alpha value is -1.44. The van der Waals surface area contributed by atoms with Crippen LogP contribution in [0.4, 0.5) is 4.79 Å². The van der Waals surface area contributed by atoms with Gasteiger partial charge in [0, 0.05) is 38.8 Å². The fourth-order valence-corrected chi connectivity index (χ4v) is 2.04. The second-order valence-corrected chi connectivity index (χ2v) is 4.67. The maximum atomic E-state index is 11.7. The summed E-state index contributed by atoms with van der Waals surface area (Å²) >= 11 is 0. The molecule has 0 aromatic carbocycles. The van der Waals surface area contributed by atoms with Crippen molar-refractivity contribution >= 4 is 11.9 Å². The smallest absolute Gasteiger partial charge is 0.321 e. The van der Waals surface area contributed by atoms with Gasteiger partial charge in [-0.25, -0.2) is 4.79 Å². The summed E-state index contributed by atoms with van der Waals surface area (Å²) in [5, 5.41) is 4.78. The normalized spacial score (nSPS) is 20.8. The molecule has 1 atom stereocenters. The summed E-state index contributed by atoms with van der Waals surface area (Å²) in [6.07, 6.45) is 1.55. The first-order valence-corrected chi connectivity index (χ1v) is 6.38. The van der Waals surface area contributed by atoms with Crippen LogP contribution in [-0.4, -0.2) is 74.1 Å². The van der Waals surface area contributed by atoms with Crippen LogP contribution in [0.3, 0.4) is 0 Å². The minimum Gasteiger partial charge on any atom is -0.334 e. The Morgan fingerprint density at radius 3 is 2.84 bits per heavy atom. The molecular formula is C12H23N5O2. The van der Waals surface area contributed by atoms with E-state index in [1.54, 1.807) is 6.08 Å². The predicted molar refractivity (Wildman–Crippen MR) is 73.7 cm³/mol.